The fourth-order valence-electron chi connectivity index (χ4n) is 1.70. The first kappa shape index (κ1) is 16.0. The molecule has 1 atom stereocenters. The van der Waals surface area contributed by atoms with Gasteiger partial charge in [0.15, 0.2) is 0 Å². The van der Waals surface area contributed by atoms with Crippen molar-refractivity contribution in [3.05, 3.63) is 29.3 Å². The number of nitrogens with one attached hydrogen (secondary N) is 2. The van der Waals surface area contributed by atoms with E-state index < -0.39 is 24.0 Å². The summed E-state index contributed by atoms with van der Waals surface area (Å²) in [5, 5.41) is 23.5. The molecule has 6 heteroatoms. The molecule has 0 saturated heterocycles. The fraction of sp³-hybridized carbons (Fsp3) is 0.429. The standard InChI is InChI=1S/C14H20N2O4/c1-9-4-5-10(2)11(6-9)16-13(19)15-8-14(3,20)7-12(17)18/h4-6,20H,7-8H2,1-3H3,(H,17,18)(H2,15,16,19). The largest absolute Gasteiger partial charge is 0.481 e. The zero-order valence-corrected chi connectivity index (χ0v) is 11.9. The maximum Gasteiger partial charge on any atom is 0.319 e. The third-order valence-corrected chi connectivity index (χ3v) is 2.80. The number of rotatable bonds is 5. The molecule has 0 fully saturated rings. The Balaban J connectivity index is 2.56. The predicted molar refractivity (Wildman–Crippen MR) is 75.8 cm³/mol. The second-order valence-electron chi connectivity index (χ2n) is 5.19. The highest BCUT2D eigenvalue weighted by Gasteiger charge is 2.24. The molecule has 20 heavy (non-hydrogen) atoms. The van der Waals surface area contributed by atoms with Gasteiger partial charge in [0, 0.05) is 12.2 Å². The topological polar surface area (TPSA) is 98.7 Å². The van der Waals surface area contributed by atoms with Gasteiger partial charge in [0.05, 0.1) is 12.0 Å². The summed E-state index contributed by atoms with van der Waals surface area (Å²) in [5.74, 6) is -1.12. The smallest absolute Gasteiger partial charge is 0.319 e. The van der Waals surface area contributed by atoms with Gasteiger partial charge in [-0.15, -0.1) is 0 Å². The Morgan fingerprint density at radius 3 is 2.55 bits per heavy atom. The highest BCUT2D eigenvalue weighted by atomic mass is 16.4. The van der Waals surface area contributed by atoms with E-state index in [4.69, 9.17) is 5.11 Å². The number of hydrogen-bond donors (Lipinski definition) is 4. The van der Waals surface area contributed by atoms with Crippen molar-refractivity contribution in [3.63, 3.8) is 0 Å². The third kappa shape index (κ3) is 5.27. The van der Waals surface area contributed by atoms with Gasteiger partial charge < -0.3 is 20.8 Å². The number of carboxylic acids is 1. The zero-order valence-electron chi connectivity index (χ0n) is 11.9. The minimum atomic E-state index is -1.48. The first-order valence-electron chi connectivity index (χ1n) is 6.26. The summed E-state index contributed by atoms with van der Waals surface area (Å²) in [7, 11) is 0. The highest BCUT2D eigenvalue weighted by molar-refractivity contribution is 5.90. The normalized spacial score (nSPS) is 13.4. The van der Waals surface area contributed by atoms with Gasteiger partial charge in [-0.1, -0.05) is 12.1 Å². The van der Waals surface area contributed by atoms with Gasteiger partial charge in [-0.3, -0.25) is 4.79 Å². The van der Waals surface area contributed by atoms with Crippen molar-refractivity contribution in [2.45, 2.75) is 32.8 Å². The van der Waals surface area contributed by atoms with Crippen molar-refractivity contribution < 1.29 is 19.8 Å². The maximum absolute atomic E-state index is 11.7. The lowest BCUT2D eigenvalue weighted by molar-refractivity contribution is -0.141. The number of aliphatic hydroxyl groups is 1. The van der Waals surface area contributed by atoms with E-state index in [1.54, 1.807) is 0 Å². The van der Waals surface area contributed by atoms with Gasteiger partial charge in [-0.05, 0) is 38.0 Å². The van der Waals surface area contributed by atoms with Crippen molar-refractivity contribution in [3.8, 4) is 0 Å². The van der Waals surface area contributed by atoms with Crippen LogP contribution < -0.4 is 10.6 Å². The van der Waals surface area contributed by atoms with Crippen molar-refractivity contribution in [2.75, 3.05) is 11.9 Å². The molecule has 2 amide bonds. The Bertz CT molecular complexity index is 512. The molecule has 1 aromatic rings. The number of aliphatic carboxylic acids is 1. The number of anilines is 1. The van der Waals surface area contributed by atoms with E-state index in [1.165, 1.54) is 6.92 Å². The second kappa shape index (κ2) is 6.38. The van der Waals surface area contributed by atoms with Gasteiger partial charge in [0.25, 0.3) is 0 Å². The summed E-state index contributed by atoms with van der Waals surface area (Å²) in [5.41, 5.74) is 1.14. The molecule has 4 N–H and O–H groups in total. The second-order valence-corrected chi connectivity index (χ2v) is 5.19. The number of carboxylic acid groups (broad SMARTS) is 1. The average molecular weight is 280 g/mol. The molecule has 0 saturated carbocycles. The monoisotopic (exact) mass is 280 g/mol. The Hall–Kier alpha value is -2.08. The SMILES string of the molecule is Cc1ccc(C)c(NC(=O)NCC(C)(O)CC(=O)O)c1. The number of benzene rings is 1. The summed E-state index contributed by atoms with van der Waals surface area (Å²) >= 11 is 0. The van der Waals surface area contributed by atoms with E-state index >= 15 is 0 Å². The van der Waals surface area contributed by atoms with Gasteiger partial charge in [-0.2, -0.15) is 0 Å². The predicted octanol–water partition coefficient (Wildman–Crippen LogP) is 1.65. The number of aryl methyl sites for hydroxylation is 2. The number of amides is 2. The van der Waals surface area contributed by atoms with Crippen LogP contribution in [0.15, 0.2) is 18.2 Å². The van der Waals surface area contributed by atoms with Gasteiger partial charge >= 0.3 is 12.0 Å². The first-order valence-corrected chi connectivity index (χ1v) is 6.26. The third-order valence-electron chi connectivity index (χ3n) is 2.80. The highest BCUT2D eigenvalue weighted by Crippen LogP contribution is 2.16. The summed E-state index contributed by atoms with van der Waals surface area (Å²) in [6, 6.07) is 5.19. The van der Waals surface area contributed by atoms with E-state index in [-0.39, 0.29) is 6.54 Å². The van der Waals surface area contributed by atoms with Gasteiger partial charge in [0.2, 0.25) is 0 Å². The number of carbonyl (C=O) groups is 2. The van der Waals surface area contributed by atoms with Crippen molar-refractivity contribution >= 4 is 17.7 Å². The van der Waals surface area contributed by atoms with Crippen LogP contribution in [0, 0.1) is 13.8 Å². The van der Waals surface area contributed by atoms with Crippen LogP contribution in [-0.2, 0) is 4.79 Å². The maximum atomic E-state index is 11.7. The molecule has 1 rings (SSSR count). The summed E-state index contributed by atoms with van der Waals surface area (Å²) < 4.78 is 0. The molecule has 0 radical (unpaired) electrons. The Morgan fingerprint density at radius 2 is 1.95 bits per heavy atom. The van der Waals surface area contributed by atoms with E-state index in [0.29, 0.717) is 5.69 Å². The quantitative estimate of drug-likeness (QED) is 0.659. The van der Waals surface area contributed by atoms with Crippen LogP contribution in [0.5, 0.6) is 0 Å². The van der Waals surface area contributed by atoms with Crippen LogP contribution >= 0.6 is 0 Å². The van der Waals surface area contributed by atoms with E-state index in [0.717, 1.165) is 11.1 Å². The molecule has 0 bridgehead atoms. The summed E-state index contributed by atoms with van der Waals surface area (Å²) in [4.78, 5) is 22.3. The lowest BCUT2D eigenvalue weighted by Gasteiger charge is -2.21. The molecule has 0 aliphatic rings. The average Bonchev–Trinajstić information content (AvgIpc) is 2.30. The van der Waals surface area contributed by atoms with E-state index in [2.05, 4.69) is 10.6 Å². The first-order chi connectivity index (χ1) is 9.19. The lowest BCUT2D eigenvalue weighted by atomic mass is 10.0. The van der Waals surface area contributed by atoms with Crippen LogP contribution in [0.2, 0.25) is 0 Å². The number of carbonyl (C=O) groups excluding carboxylic acids is 1. The van der Waals surface area contributed by atoms with E-state index in [9.17, 15) is 14.7 Å². The minimum absolute atomic E-state index is 0.143. The molecular weight excluding hydrogens is 260 g/mol. The molecule has 0 aliphatic carbocycles. The molecule has 0 spiro atoms. The van der Waals surface area contributed by atoms with Crippen molar-refractivity contribution in [1.29, 1.82) is 0 Å². The van der Waals surface area contributed by atoms with Crippen LogP contribution in [0.4, 0.5) is 10.5 Å². The van der Waals surface area contributed by atoms with Crippen molar-refractivity contribution in [1.82, 2.24) is 5.32 Å². The molecule has 0 aliphatic heterocycles. The zero-order chi connectivity index (χ0) is 15.3. The van der Waals surface area contributed by atoms with Crippen LogP contribution in [0.1, 0.15) is 24.5 Å². The Labute approximate surface area is 117 Å². The van der Waals surface area contributed by atoms with Crippen LogP contribution in [0.3, 0.4) is 0 Å². The lowest BCUT2D eigenvalue weighted by Crippen LogP contribution is -2.43. The molecule has 6 nitrogen and oxygen atoms in total. The molecule has 1 aromatic carbocycles. The van der Waals surface area contributed by atoms with Crippen molar-refractivity contribution in [2.24, 2.45) is 0 Å². The van der Waals surface area contributed by atoms with Crippen LogP contribution in [0.25, 0.3) is 0 Å². The molecule has 0 aromatic heterocycles. The van der Waals surface area contributed by atoms with Crippen LogP contribution in [-0.4, -0.2) is 34.4 Å². The van der Waals surface area contributed by atoms with Gasteiger partial charge in [0.1, 0.15) is 0 Å². The summed E-state index contributed by atoms with van der Waals surface area (Å²) in [6.45, 7) is 5.01. The molecule has 1 unspecified atom stereocenters. The fourth-order valence-corrected chi connectivity index (χ4v) is 1.70. The number of urea groups is 1. The molecule has 110 valence electrons. The molecule has 0 heterocycles. The Morgan fingerprint density at radius 1 is 1.30 bits per heavy atom. The Kier molecular flexibility index (Phi) is 5.10. The van der Waals surface area contributed by atoms with E-state index in [1.807, 2.05) is 32.0 Å². The van der Waals surface area contributed by atoms with Gasteiger partial charge in [-0.25, -0.2) is 4.79 Å². The molecular formula is C14H20N2O4. The minimum Gasteiger partial charge on any atom is -0.481 e. The summed E-state index contributed by atoms with van der Waals surface area (Å²) in [6.07, 6.45) is -0.434. The number of hydrogen-bond acceptors (Lipinski definition) is 3.